The van der Waals surface area contributed by atoms with Crippen molar-refractivity contribution in [3.63, 3.8) is 0 Å². The topological polar surface area (TPSA) is 92.8 Å². The first-order valence-electron chi connectivity index (χ1n) is 9.81. The summed E-state index contributed by atoms with van der Waals surface area (Å²) < 4.78 is 32.2. The number of ether oxygens (including phenoxy) is 1. The molecule has 31 heavy (non-hydrogen) atoms. The average Bonchev–Trinajstić information content (AvgIpc) is 2.94. The second-order valence-electron chi connectivity index (χ2n) is 7.53. The Balaban J connectivity index is 1.49. The van der Waals surface area contributed by atoms with Gasteiger partial charge in [0.15, 0.2) is 6.10 Å². The van der Waals surface area contributed by atoms with Gasteiger partial charge in [0.1, 0.15) is 6.54 Å². The fourth-order valence-electron chi connectivity index (χ4n) is 3.77. The van der Waals surface area contributed by atoms with Gasteiger partial charge in [-0.1, -0.05) is 42.5 Å². The van der Waals surface area contributed by atoms with Crippen LogP contribution in [0.25, 0.3) is 10.8 Å². The fraction of sp³-hybridized carbons (Fsp3) is 0.217. The fourth-order valence-corrected chi connectivity index (χ4v) is 5.42. The molecule has 0 saturated carbocycles. The van der Waals surface area contributed by atoms with E-state index in [4.69, 9.17) is 4.74 Å². The van der Waals surface area contributed by atoms with Crippen LogP contribution >= 0.6 is 0 Å². The molecular formula is C23H22N2O5S. The van der Waals surface area contributed by atoms with E-state index in [0.29, 0.717) is 16.8 Å². The first kappa shape index (κ1) is 20.9. The number of sulfonamides is 1. The van der Waals surface area contributed by atoms with Crippen molar-refractivity contribution >= 4 is 44.0 Å². The number of hydrogen-bond donors (Lipinski definition) is 1. The van der Waals surface area contributed by atoms with Crippen LogP contribution in [0.2, 0.25) is 0 Å². The molecule has 1 heterocycles. The summed E-state index contributed by atoms with van der Waals surface area (Å²) in [5.74, 6) is -1.29. The van der Waals surface area contributed by atoms with Crippen LogP contribution < -0.4 is 9.62 Å². The Morgan fingerprint density at radius 1 is 1.00 bits per heavy atom. The maximum atomic E-state index is 13.0. The van der Waals surface area contributed by atoms with E-state index < -0.39 is 34.5 Å². The Bertz CT molecular complexity index is 1290. The van der Waals surface area contributed by atoms with E-state index in [1.807, 2.05) is 44.2 Å². The highest BCUT2D eigenvalue weighted by Crippen LogP contribution is 2.41. The lowest BCUT2D eigenvalue weighted by Gasteiger charge is -2.20. The van der Waals surface area contributed by atoms with Crippen LogP contribution in [0.15, 0.2) is 59.5 Å². The molecule has 3 aromatic rings. The molecule has 8 heteroatoms. The third-order valence-corrected chi connectivity index (χ3v) is 7.16. The predicted octanol–water partition coefficient (Wildman–Crippen LogP) is 3.54. The van der Waals surface area contributed by atoms with E-state index in [9.17, 15) is 18.0 Å². The molecule has 0 radical (unpaired) electrons. The lowest BCUT2D eigenvalue weighted by atomic mass is 10.1. The molecule has 4 rings (SSSR count). The number of amides is 1. The highest BCUT2D eigenvalue weighted by atomic mass is 32.2. The first-order valence-corrected chi connectivity index (χ1v) is 11.2. The van der Waals surface area contributed by atoms with Crippen LogP contribution in [0.4, 0.5) is 11.4 Å². The molecule has 0 aliphatic carbocycles. The van der Waals surface area contributed by atoms with Gasteiger partial charge in [-0.15, -0.1) is 0 Å². The van der Waals surface area contributed by atoms with E-state index in [2.05, 4.69) is 5.32 Å². The van der Waals surface area contributed by atoms with Crippen molar-refractivity contribution in [1.29, 1.82) is 0 Å². The number of aryl methyl sites for hydroxylation is 2. The number of carbonyl (C=O) groups excluding carboxylic acids is 2. The van der Waals surface area contributed by atoms with Crippen molar-refractivity contribution < 1.29 is 22.7 Å². The molecule has 0 fully saturated rings. The maximum absolute atomic E-state index is 13.0. The SMILES string of the molecule is Cc1cccc(C)c1NC(=O)C(C)OC(=O)CN1c2cccc3cccc(c23)S1(=O)=O. The Morgan fingerprint density at radius 3 is 2.29 bits per heavy atom. The number of carbonyl (C=O) groups is 2. The Morgan fingerprint density at radius 2 is 1.61 bits per heavy atom. The third-order valence-electron chi connectivity index (χ3n) is 5.36. The number of nitrogens with zero attached hydrogens (tertiary/aromatic N) is 1. The number of esters is 1. The quantitative estimate of drug-likeness (QED) is 0.615. The smallest absolute Gasteiger partial charge is 0.327 e. The zero-order chi connectivity index (χ0) is 22.3. The number of para-hydroxylation sites is 1. The molecule has 1 N–H and O–H groups in total. The summed E-state index contributed by atoms with van der Waals surface area (Å²) in [6.07, 6.45) is -1.09. The lowest BCUT2D eigenvalue weighted by molar-refractivity contribution is -0.151. The van der Waals surface area contributed by atoms with E-state index in [1.165, 1.54) is 13.0 Å². The summed E-state index contributed by atoms with van der Waals surface area (Å²) in [5.41, 5.74) is 2.87. The minimum Gasteiger partial charge on any atom is -0.451 e. The standard InChI is InChI=1S/C23H22N2O5S/c1-14-7-4-8-15(2)22(14)24-23(27)16(3)30-20(26)13-25-18-11-5-9-17-10-6-12-19(21(17)18)31(25,28)29/h4-12,16H,13H2,1-3H3,(H,24,27). The molecule has 0 bridgehead atoms. The molecule has 0 spiro atoms. The maximum Gasteiger partial charge on any atom is 0.327 e. The molecular weight excluding hydrogens is 416 g/mol. The summed E-state index contributed by atoms with van der Waals surface area (Å²) in [4.78, 5) is 25.2. The van der Waals surface area contributed by atoms with Crippen LogP contribution in [0.1, 0.15) is 18.1 Å². The number of rotatable bonds is 5. The summed E-state index contributed by atoms with van der Waals surface area (Å²) in [5, 5.41) is 4.13. The Kier molecular flexibility index (Phi) is 5.18. The van der Waals surface area contributed by atoms with E-state index in [1.54, 1.807) is 18.2 Å². The van der Waals surface area contributed by atoms with Crippen molar-refractivity contribution in [2.24, 2.45) is 0 Å². The van der Waals surface area contributed by atoms with Crippen LogP contribution in [-0.2, 0) is 24.3 Å². The monoisotopic (exact) mass is 438 g/mol. The summed E-state index contributed by atoms with van der Waals surface area (Å²) in [6, 6.07) is 15.8. The van der Waals surface area contributed by atoms with Gasteiger partial charge in [-0.2, -0.15) is 0 Å². The molecule has 1 amide bonds. The van der Waals surface area contributed by atoms with Crippen molar-refractivity contribution in [2.75, 3.05) is 16.2 Å². The van der Waals surface area contributed by atoms with Gasteiger partial charge in [-0.05, 0) is 49.4 Å². The third kappa shape index (κ3) is 3.63. The highest BCUT2D eigenvalue weighted by molar-refractivity contribution is 7.93. The van der Waals surface area contributed by atoms with Gasteiger partial charge in [0.25, 0.3) is 15.9 Å². The molecule has 0 aromatic heterocycles. The van der Waals surface area contributed by atoms with Gasteiger partial charge in [0.2, 0.25) is 0 Å². The average molecular weight is 439 g/mol. The van der Waals surface area contributed by atoms with E-state index in [-0.39, 0.29) is 4.90 Å². The van der Waals surface area contributed by atoms with Gasteiger partial charge >= 0.3 is 5.97 Å². The van der Waals surface area contributed by atoms with E-state index >= 15 is 0 Å². The molecule has 1 aliphatic rings. The molecule has 1 unspecified atom stereocenters. The Labute approximate surface area is 180 Å². The summed E-state index contributed by atoms with van der Waals surface area (Å²) in [7, 11) is -3.88. The normalized spacial score (nSPS) is 15.0. The van der Waals surface area contributed by atoms with Gasteiger partial charge in [-0.3, -0.25) is 13.9 Å². The number of hydrogen-bond acceptors (Lipinski definition) is 5. The molecule has 0 saturated heterocycles. The zero-order valence-electron chi connectivity index (χ0n) is 17.4. The number of benzene rings is 3. The van der Waals surface area contributed by atoms with Gasteiger partial charge in [0, 0.05) is 11.1 Å². The highest BCUT2D eigenvalue weighted by Gasteiger charge is 2.37. The van der Waals surface area contributed by atoms with Crippen molar-refractivity contribution in [3.05, 3.63) is 65.7 Å². The second kappa shape index (κ2) is 7.70. The number of nitrogens with one attached hydrogen (secondary N) is 1. The predicted molar refractivity (Wildman–Crippen MR) is 119 cm³/mol. The van der Waals surface area contributed by atoms with Crippen LogP contribution in [0, 0.1) is 13.8 Å². The Hall–Kier alpha value is -3.39. The summed E-state index contributed by atoms with van der Waals surface area (Å²) in [6.45, 7) is 4.68. The van der Waals surface area contributed by atoms with Crippen LogP contribution in [0.5, 0.6) is 0 Å². The van der Waals surface area contributed by atoms with Crippen LogP contribution in [-0.4, -0.2) is 32.9 Å². The zero-order valence-corrected chi connectivity index (χ0v) is 18.2. The van der Waals surface area contributed by atoms with Crippen molar-refractivity contribution in [3.8, 4) is 0 Å². The van der Waals surface area contributed by atoms with Crippen LogP contribution in [0.3, 0.4) is 0 Å². The lowest BCUT2D eigenvalue weighted by Crippen LogP contribution is -2.37. The minimum absolute atomic E-state index is 0.161. The van der Waals surface area contributed by atoms with Gasteiger partial charge in [-0.25, -0.2) is 8.42 Å². The molecule has 160 valence electrons. The molecule has 7 nitrogen and oxygen atoms in total. The minimum atomic E-state index is -3.88. The van der Waals surface area contributed by atoms with Crippen molar-refractivity contribution in [2.45, 2.75) is 31.8 Å². The summed E-state index contributed by atoms with van der Waals surface area (Å²) >= 11 is 0. The van der Waals surface area contributed by atoms with Crippen molar-refractivity contribution in [1.82, 2.24) is 0 Å². The van der Waals surface area contributed by atoms with Gasteiger partial charge < -0.3 is 10.1 Å². The second-order valence-corrected chi connectivity index (χ2v) is 9.36. The van der Waals surface area contributed by atoms with E-state index in [0.717, 1.165) is 20.8 Å². The molecule has 1 atom stereocenters. The molecule has 1 aliphatic heterocycles. The number of anilines is 2. The first-order chi connectivity index (χ1) is 14.7. The van der Waals surface area contributed by atoms with Gasteiger partial charge in [0.05, 0.1) is 10.6 Å². The molecule has 3 aromatic carbocycles. The largest absolute Gasteiger partial charge is 0.451 e.